The van der Waals surface area contributed by atoms with Crippen LogP contribution in [-0.2, 0) is 4.79 Å². The van der Waals surface area contributed by atoms with Crippen LogP contribution in [0.1, 0.15) is 24.3 Å². The quantitative estimate of drug-likeness (QED) is 0.861. The van der Waals surface area contributed by atoms with Gasteiger partial charge < -0.3 is 15.6 Å². The van der Waals surface area contributed by atoms with Gasteiger partial charge in [-0.25, -0.2) is 0 Å². The SMILES string of the molecule is CC(C)CN(CC(N)=O)C(=O)c1cc(Br)c[nH]1. The van der Waals surface area contributed by atoms with Gasteiger partial charge in [0.2, 0.25) is 5.91 Å². The summed E-state index contributed by atoms with van der Waals surface area (Å²) in [6, 6.07) is 1.68. The molecule has 0 aliphatic carbocycles. The van der Waals surface area contributed by atoms with Crippen molar-refractivity contribution >= 4 is 27.7 Å². The first-order chi connectivity index (χ1) is 7.90. The first-order valence-electron chi connectivity index (χ1n) is 5.31. The zero-order valence-electron chi connectivity index (χ0n) is 9.87. The van der Waals surface area contributed by atoms with E-state index in [2.05, 4.69) is 20.9 Å². The molecule has 0 aromatic carbocycles. The summed E-state index contributed by atoms with van der Waals surface area (Å²) in [5, 5.41) is 0. The van der Waals surface area contributed by atoms with Crippen molar-refractivity contribution in [3.05, 3.63) is 22.4 Å². The van der Waals surface area contributed by atoms with Crippen LogP contribution in [0, 0.1) is 5.92 Å². The van der Waals surface area contributed by atoms with Gasteiger partial charge in [0.1, 0.15) is 5.69 Å². The highest BCUT2D eigenvalue weighted by atomic mass is 79.9. The Labute approximate surface area is 108 Å². The molecule has 1 aromatic rings. The number of nitrogens with two attached hydrogens (primary N) is 1. The molecule has 0 radical (unpaired) electrons. The molecule has 1 heterocycles. The van der Waals surface area contributed by atoms with Gasteiger partial charge in [0.25, 0.3) is 5.91 Å². The van der Waals surface area contributed by atoms with Crippen molar-refractivity contribution < 1.29 is 9.59 Å². The summed E-state index contributed by atoms with van der Waals surface area (Å²) < 4.78 is 0.796. The number of primary amides is 1. The summed E-state index contributed by atoms with van der Waals surface area (Å²) >= 11 is 3.26. The molecule has 5 nitrogen and oxygen atoms in total. The molecule has 6 heteroatoms. The molecule has 0 bridgehead atoms. The maximum atomic E-state index is 12.1. The monoisotopic (exact) mass is 301 g/mol. The van der Waals surface area contributed by atoms with E-state index >= 15 is 0 Å². The molecule has 17 heavy (non-hydrogen) atoms. The maximum absolute atomic E-state index is 12.1. The molecule has 3 N–H and O–H groups in total. The van der Waals surface area contributed by atoms with Gasteiger partial charge in [-0.1, -0.05) is 13.8 Å². The van der Waals surface area contributed by atoms with E-state index in [9.17, 15) is 9.59 Å². The third-order valence-electron chi connectivity index (χ3n) is 2.10. The second-order valence-electron chi connectivity index (χ2n) is 4.28. The lowest BCUT2D eigenvalue weighted by Gasteiger charge is -2.22. The minimum Gasteiger partial charge on any atom is -0.368 e. The highest BCUT2D eigenvalue weighted by Crippen LogP contribution is 2.13. The van der Waals surface area contributed by atoms with Crippen molar-refractivity contribution in [1.29, 1.82) is 0 Å². The standard InChI is InChI=1S/C11H16BrN3O2/c1-7(2)5-15(6-10(13)16)11(17)9-3-8(12)4-14-9/h3-4,7,14H,5-6H2,1-2H3,(H2,13,16). The number of hydrogen-bond donors (Lipinski definition) is 2. The Bertz CT molecular complexity index is 415. The summed E-state index contributed by atoms with van der Waals surface area (Å²) in [5.74, 6) is -0.454. The number of aromatic amines is 1. The summed E-state index contributed by atoms with van der Waals surface area (Å²) in [7, 11) is 0. The van der Waals surface area contributed by atoms with Crippen molar-refractivity contribution in [2.45, 2.75) is 13.8 Å². The van der Waals surface area contributed by atoms with Crippen LogP contribution in [0.5, 0.6) is 0 Å². The van der Waals surface area contributed by atoms with Crippen LogP contribution in [0.2, 0.25) is 0 Å². The molecule has 0 atom stereocenters. The third-order valence-corrected chi connectivity index (χ3v) is 2.56. The molecule has 0 aliphatic heterocycles. The Morgan fingerprint density at radius 3 is 2.59 bits per heavy atom. The summed E-state index contributed by atoms with van der Waals surface area (Å²) in [4.78, 5) is 27.3. The van der Waals surface area contributed by atoms with E-state index in [0.717, 1.165) is 4.47 Å². The fourth-order valence-corrected chi connectivity index (χ4v) is 1.85. The number of carbonyl (C=O) groups is 2. The number of nitrogens with one attached hydrogen (secondary N) is 1. The van der Waals surface area contributed by atoms with Crippen molar-refractivity contribution in [2.75, 3.05) is 13.1 Å². The second-order valence-corrected chi connectivity index (χ2v) is 5.19. The molecular weight excluding hydrogens is 286 g/mol. The normalized spacial score (nSPS) is 10.6. The van der Waals surface area contributed by atoms with Gasteiger partial charge in [-0.15, -0.1) is 0 Å². The largest absolute Gasteiger partial charge is 0.368 e. The molecule has 0 aliphatic rings. The minimum atomic E-state index is -0.510. The highest BCUT2D eigenvalue weighted by Gasteiger charge is 2.19. The van der Waals surface area contributed by atoms with Gasteiger partial charge in [0.05, 0.1) is 6.54 Å². The number of rotatable bonds is 5. The molecule has 0 fully saturated rings. The number of amides is 2. The van der Waals surface area contributed by atoms with Gasteiger partial charge in [-0.3, -0.25) is 9.59 Å². The van der Waals surface area contributed by atoms with Gasteiger partial charge in [-0.05, 0) is 27.9 Å². The lowest BCUT2D eigenvalue weighted by Crippen LogP contribution is -2.40. The number of H-pyrrole nitrogens is 1. The molecule has 0 spiro atoms. The third kappa shape index (κ3) is 4.22. The van der Waals surface area contributed by atoms with E-state index in [1.807, 2.05) is 13.8 Å². The predicted molar refractivity (Wildman–Crippen MR) is 68.4 cm³/mol. The Balaban J connectivity index is 2.82. The molecule has 0 saturated carbocycles. The van der Waals surface area contributed by atoms with E-state index in [-0.39, 0.29) is 18.4 Å². The van der Waals surface area contributed by atoms with E-state index in [0.29, 0.717) is 12.2 Å². The van der Waals surface area contributed by atoms with Gasteiger partial charge >= 0.3 is 0 Å². The first kappa shape index (κ1) is 13.8. The van der Waals surface area contributed by atoms with Crippen LogP contribution in [0.25, 0.3) is 0 Å². The summed E-state index contributed by atoms with van der Waals surface area (Å²) in [6.45, 7) is 4.39. The Hall–Kier alpha value is -1.30. The topological polar surface area (TPSA) is 79.2 Å². The maximum Gasteiger partial charge on any atom is 0.270 e. The Morgan fingerprint density at radius 2 is 2.18 bits per heavy atom. The average Bonchev–Trinajstić information content (AvgIpc) is 2.61. The average molecular weight is 302 g/mol. The lowest BCUT2D eigenvalue weighted by molar-refractivity contribution is -0.118. The van der Waals surface area contributed by atoms with Crippen LogP contribution in [0.15, 0.2) is 16.7 Å². The lowest BCUT2D eigenvalue weighted by atomic mass is 10.2. The number of nitrogens with zero attached hydrogens (tertiary/aromatic N) is 1. The van der Waals surface area contributed by atoms with Gasteiger partial charge in [-0.2, -0.15) is 0 Å². The van der Waals surface area contributed by atoms with E-state index in [4.69, 9.17) is 5.73 Å². The molecule has 0 saturated heterocycles. The second kappa shape index (κ2) is 5.86. The molecule has 1 rings (SSSR count). The zero-order valence-corrected chi connectivity index (χ0v) is 11.5. The predicted octanol–water partition coefficient (Wildman–Crippen LogP) is 1.36. The van der Waals surface area contributed by atoms with Crippen LogP contribution < -0.4 is 5.73 Å². The highest BCUT2D eigenvalue weighted by molar-refractivity contribution is 9.10. The van der Waals surface area contributed by atoms with Crippen LogP contribution in [0.4, 0.5) is 0 Å². The van der Waals surface area contributed by atoms with E-state index in [1.165, 1.54) is 4.90 Å². The van der Waals surface area contributed by atoms with Crippen molar-refractivity contribution in [3.8, 4) is 0 Å². The Kier molecular flexibility index (Phi) is 4.74. The first-order valence-corrected chi connectivity index (χ1v) is 6.11. The van der Waals surface area contributed by atoms with Crippen LogP contribution >= 0.6 is 15.9 Å². The van der Waals surface area contributed by atoms with Crippen LogP contribution in [0.3, 0.4) is 0 Å². The van der Waals surface area contributed by atoms with Crippen molar-refractivity contribution in [2.24, 2.45) is 11.7 Å². The molecule has 2 amide bonds. The number of halogens is 1. The fourth-order valence-electron chi connectivity index (χ4n) is 1.51. The zero-order chi connectivity index (χ0) is 13.0. The minimum absolute atomic E-state index is 0.0619. The number of aromatic nitrogens is 1. The summed E-state index contributed by atoms with van der Waals surface area (Å²) in [6.07, 6.45) is 1.67. The number of carbonyl (C=O) groups excluding carboxylic acids is 2. The van der Waals surface area contributed by atoms with Gasteiger partial charge in [0.15, 0.2) is 0 Å². The van der Waals surface area contributed by atoms with E-state index in [1.54, 1.807) is 12.3 Å². The summed E-state index contributed by atoms with van der Waals surface area (Å²) in [5.41, 5.74) is 5.58. The molecule has 0 unspecified atom stereocenters. The molecular formula is C11H16BrN3O2. The van der Waals surface area contributed by atoms with Crippen molar-refractivity contribution in [3.63, 3.8) is 0 Å². The van der Waals surface area contributed by atoms with E-state index < -0.39 is 5.91 Å². The van der Waals surface area contributed by atoms with Crippen molar-refractivity contribution in [1.82, 2.24) is 9.88 Å². The smallest absolute Gasteiger partial charge is 0.270 e. The van der Waals surface area contributed by atoms with Crippen LogP contribution in [-0.4, -0.2) is 34.8 Å². The molecule has 94 valence electrons. The number of hydrogen-bond acceptors (Lipinski definition) is 2. The molecule has 1 aromatic heterocycles. The van der Waals surface area contributed by atoms with Gasteiger partial charge in [0, 0.05) is 17.2 Å². The fraction of sp³-hybridized carbons (Fsp3) is 0.455. The Morgan fingerprint density at radius 1 is 1.53 bits per heavy atom.